The van der Waals surface area contributed by atoms with Crippen molar-refractivity contribution >= 4 is 11.3 Å². The topological polar surface area (TPSA) is 21.3 Å². The summed E-state index contributed by atoms with van der Waals surface area (Å²) in [6, 6.07) is 2.65. The molecule has 29 heavy (non-hydrogen) atoms. The third kappa shape index (κ3) is 4.01. The Balaban J connectivity index is 1.71. The van der Waals surface area contributed by atoms with Crippen LogP contribution in [0.4, 0.5) is 13.2 Å². The van der Waals surface area contributed by atoms with Crippen molar-refractivity contribution in [2.24, 2.45) is 17.8 Å². The van der Waals surface area contributed by atoms with Crippen LogP contribution in [0.15, 0.2) is 6.07 Å². The highest BCUT2D eigenvalue weighted by atomic mass is 32.1. The highest BCUT2D eigenvalue weighted by Crippen LogP contribution is 2.54. The van der Waals surface area contributed by atoms with Crippen molar-refractivity contribution in [3.8, 4) is 0 Å². The van der Waals surface area contributed by atoms with Crippen molar-refractivity contribution in [2.75, 3.05) is 13.2 Å². The zero-order chi connectivity index (χ0) is 21.0. The molecule has 0 bridgehead atoms. The Morgan fingerprint density at radius 2 is 2.00 bits per heavy atom. The monoisotopic (exact) mass is 429 g/mol. The molecule has 2 fully saturated rings. The number of halogens is 3. The molecule has 164 valence electrons. The summed E-state index contributed by atoms with van der Waals surface area (Å²) in [5, 5.41) is 3.51. The molecule has 1 saturated heterocycles. The molecule has 4 rings (SSSR count). The minimum atomic E-state index is -4.08. The Morgan fingerprint density at radius 3 is 2.66 bits per heavy atom. The molecule has 3 aliphatic rings. The van der Waals surface area contributed by atoms with Gasteiger partial charge in [-0.05, 0) is 75.0 Å². The molecule has 5 unspecified atom stereocenters. The number of piperidine rings is 1. The van der Waals surface area contributed by atoms with Gasteiger partial charge in [0.2, 0.25) is 0 Å². The number of hydrogen-bond donors (Lipinski definition) is 1. The van der Waals surface area contributed by atoms with E-state index in [1.165, 1.54) is 15.3 Å². The second-order valence-corrected chi connectivity index (χ2v) is 11.1. The SMILES string of the molecule is CC1COC2(CCN[C@@H](C)C2)c2cc(C3CC(C(F)(F)F)CCC3C(C)C)sc21. The first-order valence-electron chi connectivity index (χ1n) is 11.2. The van der Waals surface area contributed by atoms with Crippen molar-refractivity contribution in [1.82, 2.24) is 5.32 Å². The molecule has 0 radical (unpaired) electrons. The summed E-state index contributed by atoms with van der Waals surface area (Å²) in [6.07, 6.45) is -1.01. The average molecular weight is 430 g/mol. The molecule has 1 aromatic heterocycles. The first kappa shape index (κ1) is 21.6. The maximum atomic E-state index is 13.6. The lowest BCUT2D eigenvalue weighted by atomic mass is 9.68. The van der Waals surface area contributed by atoms with E-state index < -0.39 is 12.1 Å². The number of rotatable bonds is 2. The average Bonchev–Trinajstić information content (AvgIpc) is 3.11. The summed E-state index contributed by atoms with van der Waals surface area (Å²) < 4.78 is 47.1. The molecule has 6 heteroatoms. The van der Waals surface area contributed by atoms with Crippen LogP contribution in [-0.2, 0) is 10.3 Å². The normalized spacial score (nSPS) is 38.4. The van der Waals surface area contributed by atoms with E-state index >= 15 is 0 Å². The third-order valence-electron chi connectivity index (χ3n) is 7.57. The van der Waals surface area contributed by atoms with E-state index in [9.17, 15) is 13.2 Å². The van der Waals surface area contributed by atoms with Crippen molar-refractivity contribution in [2.45, 2.75) is 89.5 Å². The molecule has 2 aliphatic heterocycles. The molecule has 1 N–H and O–H groups in total. The van der Waals surface area contributed by atoms with Crippen molar-refractivity contribution in [3.05, 3.63) is 21.4 Å². The largest absolute Gasteiger partial charge is 0.391 e. The van der Waals surface area contributed by atoms with Gasteiger partial charge in [-0.25, -0.2) is 0 Å². The lowest BCUT2D eigenvalue weighted by molar-refractivity contribution is -0.186. The third-order valence-corrected chi connectivity index (χ3v) is 9.07. The summed E-state index contributed by atoms with van der Waals surface area (Å²) in [7, 11) is 0. The zero-order valence-corrected chi connectivity index (χ0v) is 18.8. The summed E-state index contributed by atoms with van der Waals surface area (Å²) >= 11 is 1.78. The minimum Gasteiger partial charge on any atom is -0.369 e. The van der Waals surface area contributed by atoms with Crippen molar-refractivity contribution in [3.63, 3.8) is 0 Å². The van der Waals surface area contributed by atoms with E-state index in [-0.39, 0.29) is 24.4 Å². The fourth-order valence-electron chi connectivity index (χ4n) is 5.95. The second-order valence-electron chi connectivity index (χ2n) is 10.0. The van der Waals surface area contributed by atoms with Gasteiger partial charge in [0.05, 0.1) is 18.1 Å². The molecule has 1 saturated carbocycles. The van der Waals surface area contributed by atoms with Crippen LogP contribution in [-0.4, -0.2) is 25.4 Å². The van der Waals surface area contributed by atoms with Crippen LogP contribution in [0.25, 0.3) is 0 Å². The van der Waals surface area contributed by atoms with Gasteiger partial charge in [0.1, 0.15) is 0 Å². The van der Waals surface area contributed by atoms with E-state index in [1.807, 2.05) is 0 Å². The van der Waals surface area contributed by atoms with Gasteiger partial charge in [0, 0.05) is 21.7 Å². The lowest BCUT2D eigenvalue weighted by Crippen LogP contribution is -2.48. The second kappa shape index (κ2) is 7.83. The van der Waals surface area contributed by atoms with E-state index in [4.69, 9.17) is 4.74 Å². The maximum absolute atomic E-state index is 13.6. The van der Waals surface area contributed by atoms with Gasteiger partial charge in [-0.3, -0.25) is 0 Å². The Bertz CT molecular complexity index is 730. The van der Waals surface area contributed by atoms with Crippen LogP contribution < -0.4 is 5.32 Å². The smallest absolute Gasteiger partial charge is 0.369 e. The van der Waals surface area contributed by atoms with E-state index in [0.717, 1.165) is 19.4 Å². The summed E-state index contributed by atoms with van der Waals surface area (Å²) in [6.45, 7) is 10.4. The van der Waals surface area contributed by atoms with Crippen LogP contribution in [0.3, 0.4) is 0 Å². The Kier molecular flexibility index (Phi) is 5.84. The van der Waals surface area contributed by atoms with Gasteiger partial charge in [-0.1, -0.05) is 20.8 Å². The van der Waals surface area contributed by atoms with Crippen molar-refractivity contribution < 1.29 is 17.9 Å². The van der Waals surface area contributed by atoms with E-state index in [2.05, 4.69) is 39.1 Å². The maximum Gasteiger partial charge on any atom is 0.391 e. The summed E-state index contributed by atoms with van der Waals surface area (Å²) in [5.41, 5.74) is 1.02. The number of hydrogen-bond acceptors (Lipinski definition) is 3. The van der Waals surface area contributed by atoms with E-state index in [1.54, 1.807) is 11.3 Å². The predicted octanol–water partition coefficient (Wildman–Crippen LogP) is 6.57. The Hall–Kier alpha value is -0.590. The molecule has 2 nitrogen and oxygen atoms in total. The van der Waals surface area contributed by atoms with Crippen LogP contribution >= 0.6 is 11.3 Å². The van der Waals surface area contributed by atoms with Crippen LogP contribution in [0.5, 0.6) is 0 Å². The molecule has 1 aromatic rings. The van der Waals surface area contributed by atoms with E-state index in [0.29, 0.717) is 36.8 Å². The number of ether oxygens (including phenoxy) is 1. The van der Waals surface area contributed by atoms with Gasteiger partial charge in [0.25, 0.3) is 0 Å². The van der Waals surface area contributed by atoms with Crippen LogP contribution in [0.2, 0.25) is 0 Å². The summed E-state index contributed by atoms with van der Waals surface area (Å²) in [5.74, 6) is -0.112. The van der Waals surface area contributed by atoms with Gasteiger partial charge in [-0.2, -0.15) is 13.2 Å². The van der Waals surface area contributed by atoms with Crippen molar-refractivity contribution in [1.29, 1.82) is 0 Å². The van der Waals surface area contributed by atoms with Gasteiger partial charge in [-0.15, -0.1) is 11.3 Å². The fourth-order valence-corrected chi connectivity index (χ4v) is 7.43. The van der Waals surface area contributed by atoms with Gasteiger partial charge < -0.3 is 10.1 Å². The first-order valence-corrected chi connectivity index (χ1v) is 12.0. The number of alkyl halides is 3. The number of thiophene rings is 1. The van der Waals surface area contributed by atoms with Gasteiger partial charge in [0.15, 0.2) is 0 Å². The molecule has 1 aliphatic carbocycles. The molecule has 3 heterocycles. The quantitative estimate of drug-likeness (QED) is 0.574. The molecule has 0 aromatic carbocycles. The molecular weight excluding hydrogens is 395 g/mol. The highest BCUT2D eigenvalue weighted by molar-refractivity contribution is 7.12. The molecule has 0 amide bonds. The predicted molar refractivity (Wildman–Crippen MR) is 112 cm³/mol. The Morgan fingerprint density at radius 1 is 1.24 bits per heavy atom. The summed E-state index contributed by atoms with van der Waals surface area (Å²) in [4.78, 5) is 2.53. The van der Waals surface area contributed by atoms with Crippen LogP contribution in [0.1, 0.15) is 87.0 Å². The highest BCUT2D eigenvalue weighted by Gasteiger charge is 2.48. The fraction of sp³-hybridized carbons (Fsp3) is 0.826. The van der Waals surface area contributed by atoms with Crippen LogP contribution in [0, 0.1) is 17.8 Å². The van der Waals surface area contributed by atoms with Gasteiger partial charge >= 0.3 is 6.18 Å². The molecule has 1 spiro atoms. The zero-order valence-electron chi connectivity index (χ0n) is 17.9. The minimum absolute atomic E-state index is 0.00867. The lowest BCUT2D eigenvalue weighted by Gasteiger charge is -2.44. The Labute approximate surface area is 176 Å². The first-order chi connectivity index (χ1) is 13.6. The molecule has 6 atom stereocenters. The number of fused-ring (bicyclic) bond motifs is 2. The molecular formula is C23H34F3NOS. The standard InChI is InChI=1S/C23H34F3NOS/c1-13(2)17-6-5-16(23(24,25)26)9-18(17)20-10-19-21(29-20)14(3)12-28-22(19)7-8-27-15(4)11-22/h10,13-18,27H,5-9,11-12H2,1-4H3/t14?,15-,16?,17?,18?,22?/m0/s1. The number of nitrogens with one attached hydrogen (secondary N) is 1.